The Balaban J connectivity index is 0.00000115. The van der Waals surface area contributed by atoms with E-state index >= 15 is 0 Å². The van der Waals surface area contributed by atoms with Crippen LogP contribution in [0.1, 0.15) is 233 Å². The molecule has 1 heterocycles. The first-order valence-electron chi connectivity index (χ1n) is 24.3. The normalized spacial score (nSPS) is 12.5. The molecule has 0 atom stereocenters. The van der Waals surface area contributed by atoms with Gasteiger partial charge in [-0.25, -0.2) is 4.70 Å². The van der Waals surface area contributed by atoms with Crippen LogP contribution in [-0.4, -0.2) is 4.70 Å². The van der Waals surface area contributed by atoms with Crippen molar-refractivity contribution in [2.75, 3.05) is 0 Å². The zero-order valence-corrected chi connectivity index (χ0v) is 40.4. The van der Waals surface area contributed by atoms with Crippen molar-refractivity contribution in [3.05, 3.63) is 86.0 Å². The van der Waals surface area contributed by atoms with Crippen LogP contribution < -0.4 is 0 Å². The summed E-state index contributed by atoms with van der Waals surface area (Å²) in [6, 6.07) is 9.06. The Morgan fingerprint density at radius 3 is 1.29 bits per heavy atom. The van der Waals surface area contributed by atoms with Crippen LogP contribution in [0.15, 0.2) is 35.9 Å². The molecule has 0 aliphatic carbocycles. The molecule has 1 aliphatic heterocycles. The minimum atomic E-state index is 0.821. The third kappa shape index (κ3) is 19.8. The molecule has 0 unspecified atom stereocenters. The van der Waals surface area contributed by atoms with Crippen molar-refractivity contribution in [1.82, 2.24) is 0 Å². The molecular weight excluding hydrogens is 747 g/mol. The fourth-order valence-corrected chi connectivity index (χ4v) is 9.53. The molecule has 0 aromatic heterocycles. The quantitative estimate of drug-likeness (QED) is 0.0338. The molecule has 0 bridgehead atoms. The number of unbranched alkanes of at least 4 members (excludes halogenated alkanes) is 19. The first-order valence-corrected chi connectivity index (χ1v) is 25.7. The topological polar surface area (TPSA) is 25.3 Å². The molecule has 0 fully saturated rings. The van der Waals surface area contributed by atoms with Crippen LogP contribution >= 0.6 is 0 Å². The van der Waals surface area contributed by atoms with Crippen LogP contribution in [0.3, 0.4) is 0 Å². The van der Waals surface area contributed by atoms with E-state index in [9.17, 15) is 5.53 Å². The molecule has 0 saturated carbocycles. The second-order valence-corrected chi connectivity index (χ2v) is 18.7. The van der Waals surface area contributed by atoms with Gasteiger partial charge in [0.25, 0.3) is 0 Å². The standard InChI is InChI=1S/C47H70N2.2C4H9.Ni/c1-8-11-14-15-16-17-18-19-20-21-22-23-24-25-28-29-41-36-46(42-32-37(4)44(38(5)33-42)30-26-12-9-2)49(48)47(41)43-34-39(6)45(40(7)35-43)31-27-13-10-3;2*1-3-4-2;/h32-36H,8-27,30-31H2,1-7H3;2*1,3-4H2,2H3;. The first kappa shape index (κ1) is 51.7. The fraction of sp³-hybridized carbons (Fsp3) is 0.673. The van der Waals surface area contributed by atoms with Gasteiger partial charge in [-0.15, -0.1) is 0 Å². The predicted octanol–water partition coefficient (Wildman–Crippen LogP) is 18.2. The summed E-state index contributed by atoms with van der Waals surface area (Å²) in [4.78, 5) is 0. The number of hydrogen-bond acceptors (Lipinski definition) is 0. The molecule has 3 heteroatoms. The Morgan fingerprint density at radius 1 is 0.483 bits per heavy atom. The fourth-order valence-electron chi connectivity index (χ4n) is 8.09. The molecule has 328 valence electrons. The maximum atomic E-state index is 11.8. The van der Waals surface area contributed by atoms with Crippen LogP contribution in [0, 0.1) is 39.5 Å². The van der Waals surface area contributed by atoms with Gasteiger partial charge >= 0.3 is 64.8 Å². The second-order valence-electron chi connectivity index (χ2n) is 17.2. The van der Waals surface area contributed by atoms with Crippen LogP contribution in [0.4, 0.5) is 0 Å². The van der Waals surface area contributed by atoms with E-state index in [0.717, 1.165) is 53.8 Å². The Morgan fingerprint density at radius 2 is 0.862 bits per heavy atom. The van der Waals surface area contributed by atoms with Crippen molar-refractivity contribution in [3.63, 3.8) is 0 Å². The van der Waals surface area contributed by atoms with E-state index in [1.54, 1.807) is 0 Å². The number of hydrogen-bond donors (Lipinski definition) is 0. The summed E-state index contributed by atoms with van der Waals surface area (Å²) in [6.07, 6.45) is 35.9. The molecule has 0 spiro atoms. The van der Waals surface area contributed by atoms with E-state index in [1.807, 2.05) is 14.4 Å². The Hall–Kier alpha value is -2.43. The van der Waals surface area contributed by atoms with Crippen molar-refractivity contribution in [3.8, 4) is 11.8 Å². The van der Waals surface area contributed by atoms with Gasteiger partial charge in [0, 0.05) is 23.6 Å². The van der Waals surface area contributed by atoms with E-state index in [0.29, 0.717) is 0 Å². The number of allylic oxidation sites excluding steroid dienone is 2. The van der Waals surface area contributed by atoms with Crippen LogP contribution in [0.2, 0.25) is 10.8 Å². The molecule has 2 aromatic carbocycles. The van der Waals surface area contributed by atoms with Crippen molar-refractivity contribution < 1.29 is 19.1 Å². The molecule has 3 rings (SSSR count). The SMILES string of the molecule is CCCCCCCCCCCCCCCC#CC1=C(c2cc(C)c(CCCCC)c(C)c2)[N+](=[N-])C(c2cc(C)c(CCCCC)c(C)c2)=C1.CCC[CH2][Ni][CH2]CCC. The number of aryl methyl sites for hydroxylation is 4. The van der Waals surface area contributed by atoms with Gasteiger partial charge < -0.3 is 5.53 Å². The molecule has 0 amide bonds. The van der Waals surface area contributed by atoms with Gasteiger partial charge in [-0.2, -0.15) is 0 Å². The summed E-state index contributed by atoms with van der Waals surface area (Å²) in [5.41, 5.74) is 24.7. The third-order valence-electron chi connectivity index (χ3n) is 11.8. The number of rotatable bonds is 29. The van der Waals surface area contributed by atoms with Crippen molar-refractivity contribution in [1.29, 1.82) is 0 Å². The zero-order chi connectivity index (χ0) is 42.4. The van der Waals surface area contributed by atoms with Gasteiger partial charge in [-0.1, -0.05) is 135 Å². The average Bonchev–Trinajstić information content (AvgIpc) is 3.53. The summed E-state index contributed by atoms with van der Waals surface area (Å²) < 4.78 is 1.42. The molecule has 58 heavy (non-hydrogen) atoms. The summed E-state index contributed by atoms with van der Waals surface area (Å²) in [6.45, 7) is 20.2. The van der Waals surface area contributed by atoms with Crippen LogP contribution in [0.25, 0.3) is 16.9 Å². The van der Waals surface area contributed by atoms with Crippen LogP contribution in [-0.2, 0) is 27.3 Å². The summed E-state index contributed by atoms with van der Waals surface area (Å²) in [5.74, 6) is 7.03. The molecular formula is C55H88N2Ni. The van der Waals surface area contributed by atoms with Crippen molar-refractivity contribution in [2.45, 2.75) is 240 Å². The predicted molar refractivity (Wildman–Crippen MR) is 254 cm³/mol. The van der Waals surface area contributed by atoms with E-state index in [-0.39, 0.29) is 0 Å². The number of benzene rings is 2. The molecule has 0 radical (unpaired) electrons. The van der Waals surface area contributed by atoms with E-state index in [4.69, 9.17) is 0 Å². The van der Waals surface area contributed by atoms with Gasteiger partial charge in [0.05, 0.1) is 0 Å². The van der Waals surface area contributed by atoms with E-state index in [2.05, 4.69) is 104 Å². The summed E-state index contributed by atoms with van der Waals surface area (Å²) >= 11 is 1.94. The van der Waals surface area contributed by atoms with Gasteiger partial charge in [-0.3, -0.25) is 0 Å². The van der Waals surface area contributed by atoms with E-state index in [1.165, 1.54) is 190 Å². The van der Waals surface area contributed by atoms with E-state index < -0.39 is 0 Å². The molecule has 0 N–H and O–H groups in total. The Kier molecular flexibility index (Phi) is 28.9. The molecule has 1 aliphatic rings. The second kappa shape index (κ2) is 32.4. The van der Waals surface area contributed by atoms with Crippen molar-refractivity contribution in [2.24, 2.45) is 0 Å². The molecule has 0 saturated heterocycles. The molecule has 2 nitrogen and oxygen atoms in total. The summed E-state index contributed by atoms with van der Waals surface area (Å²) in [7, 11) is 0. The third-order valence-corrected chi connectivity index (χ3v) is 13.2. The monoisotopic (exact) mass is 835 g/mol. The Bertz CT molecular complexity index is 1530. The van der Waals surface area contributed by atoms with Gasteiger partial charge in [0.1, 0.15) is 5.57 Å². The average molecular weight is 836 g/mol. The minimum absolute atomic E-state index is 0.821. The first-order chi connectivity index (χ1) is 28.2. The van der Waals surface area contributed by atoms with Gasteiger partial charge in [0.2, 0.25) is 11.4 Å². The zero-order valence-electron chi connectivity index (χ0n) is 39.4. The maximum absolute atomic E-state index is 11.8. The summed E-state index contributed by atoms with van der Waals surface area (Å²) in [5, 5.41) is 2.78. The number of nitrogens with zero attached hydrogens (tertiary/aromatic N) is 2. The van der Waals surface area contributed by atoms with Gasteiger partial charge in [0.15, 0.2) is 0 Å². The van der Waals surface area contributed by atoms with Crippen molar-refractivity contribution >= 4 is 11.4 Å². The van der Waals surface area contributed by atoms with Gasteiger partial charge in [-0.05, 0) is 117 Å². The van der Waals surface area contributed by atoms with Crippen LogP contribution in [0.5, 0.6) is 0 Å². The molecule has 2 aromatic rings. The Labute approximate surface area is 366 Å².